The number of nitro groups is 1. The molecule has 0 saturated carbocycles. The molecule has 0 bridgehead atoms. The van der Waals surface area contributed by atoms with Gasteiger partial charge in [0.1, 0.15) is 29.3 Å². The molecular formula is C20H14FN3O3. The topological polar surface area (TPSA) is 100.0 Å². The van der Waals surface area contributed by atoms with Crippen molar-refractivity contribution in [2.75, 3.05) is 13.2 Å². The smallest absolute Gasteiger partial charge is 0.211 e. The molecule has 1 aliphatic rings. The Kier molecular flexibility index (Phi) is 5.14. The molecule has 2 aromatic carbocycles. The highest BCUT2D eigenvalue weighted by atomic mass is 19.1. The number of hydrogen-bond acceptors (Lipinski definition) is 5. The monoisotopic (exact) mass is 363 g/mol. The van der Waals surface area contributed by atoms with Crippen LogP contribution in [-0.2, 0) is 0 Å². The highest BCUT2D eigenvalue weighted by Crippen LogP contribution is 2.44. The van der Waals surface area contributed by atoms with Crippen LogP contribution in [0.4, 0.5) is 4.39 Å². The van der Waals surface area contributed by atoms with Crippen LogP contribution < -0.4 is 4.74 Å². The van der Waals surface area contributed by atoms with Crippen molar-refractivity contribution in [1.29, 1.82) is 10.5 Å². The predicted octanol–water partition coefficient (Wildman–Crippen LogP) is 3.70. The second-order valence-electron chi connectivity index (χ2n) is 6.07. The zero-order valence-electron chi connectivity index (χ0n) is 14.1. The van der Waals surface area contributed by atoms with E-state index in [-0.39, 0.29) is 17.7 Å². The molecule has 0 spiro atoms. The summed E-state index contributed by atoms with van der Waals surface area (Å²) in [6.45, 7) is -0.545. The Bertz CT molecular complexity index is 988. The van der Waals surface area contributed by atoms with Gasteiger partial charge in [-0.25, -0.2) is 4.39 Å². The van der Waals surface area contributed by atoms with Crippen LogP contribution in [-0.4, -0.2) is 18.1 Å². The maximum Gasteiger partial charge on any atom is 0.211 e. The van der Waals surface area contributed by atoms with E-state index in [1.54, 1.807) is 30.3 Å². The van der Waals surface area contributed by atoms with Gasteiger partial charge in [0.15, 0.2) is 0 Å². The fourth-order valence-corrected chi connectivity index (χ4v) is 3.44. The Morgan fingerprint density at radius 2 is 1.89 bits per heavy atom. The molecule has 0 fully saturated rings. The lowest BCUT2D eigenvalue weighted by Crippen LogP contribution is -2.31. The Morgan fingerprint density at radius 3 is 2.56 bits per heavy atom. The minimum absolute atomic E-state index is 0.00600. The van der Waals surface area contributed by atoms with Gasteiger partial charge in [-0.05, 0) is 23.3 Å². The van der Waals surface area contributed by atoms with Crippen molar-refractivity contribution in [3.8, 4) is 17.9 Å². The van der Waals surface area contributed by atoms with E-state index in [0.29, 0.717) is 16.9 Å². The van der Waals surface area contributed by atoms with Gasteiger partial charge in [0.25, 0.3) is 0 Å². The summed E-state index contributed by atoms with van der Waals surface area (Å²) in [7, 11) is 0. The number of halogens is 1. The second kappa shape index (κ2) is 7.67. The maximum absolute atomic E-state index is 14.4. The Morgan fingerprint density at radius 1 is 1.22 bits per heavy atom. The van der Waals surface area contributed by atoms with E-state index < -0.39 is 29.1 Å². The van der Waals surface area contributed by atoms with Gasteiger partial charge in [-0.15, -0.1) is 0 Å². The third kappa shape index (κ3) is 3.49. The molecule has 0 saturated heterocycles. The van der Waals surface area contributed by atoms with E-state index in [1.807, 2.05) is 12.1 Å². The van der Waals surface area contributed by atoms with Crippen molar-refractivity contribution in [2.24, 2.45) is 5.92 Å². The number of fused-ring (bicyclic) bond motifs is 1. The molecule has 7 heteroatoms. The van der Waals surface area contributed by atoms with Crippen LogP contribution in [0.5, 0.6) is 5.75 Å². The minimum atomic E-state index is -0.888. The van der Waals surface area contributed by atoms with Crippen molar-refractivity contribution in [2.45, 2.75) is 5.92 Å². The van der Waals surface area contributed by atoms with Crippen molar-refractivity contribution < 1.29 is 14.1 Å². The summed E-state index contributed by atoms with van der Waals surface area (Å²) < 4.78 is 20.2. The van der Waals surface area contributed by atoms with Crippen molar-refractivity contribution in [1.82, 2.24) is 0 Å². The van der Waals surface area contributed by atoms with Crippen molar-refractivity contribution >= 4 is 5.57 Å². The molecule has 0 unspecified atom stereocenters. The fourth-order valence-electron chi connectivity index (χ4n) is 3.44. The summed E-state index contributed by atoms with van der Waals surface area (Å²) in [5.41, 5.74) is 0.892. The quantitative estimate of drug-likeness (QED) is 0.468. The van der Waals surface area contributed by atoms with E-state index in [1.165, 1.54) is 18.2 Å². The lowest BCUT2D eigenvalue weighted by atomic mass is 9.76. The highest BCUT2D eigenvalue weighted by molar-refractivity contribution is 5.81. The first-order valence-corrected chi connectivity index (χ1v) is 8.19. The molecule has 2 aromatic rings. The molecule has 3 rings (SSSR count). The van der Waals surface area contributed by atoms with E-state index >= 15 is 0 Å². The predicted molar refractivity (Wildman–Crippen MR) is 94.6 cm³/mol. The minimum Gasteiger partial charge on any atom is -0.492 e. The van der Waals surface area contributed by atoms with Gasteiger partial charge in [0, 0.05) is 16.4 Å². The Hall–Kier alpha value is -3.71. The third-order valence-corrected chi connectivity index (χ3v) is 4.60. The van der Waals surface area contributed by atoms with Crippen LogP contribution >= 0.6 is 0 Å². The van der Waals surface area contributed by atoms with Gasteiger partial charge in [-0.3, -0.25) is 10.1 Å². The number of hydrogen-bond donors (Lipinski definition) is 0. The lowest BCUT2D eigenvalue weighted by molar-refractivity contribution is -0.484. The molecule has 2 atom stereocenters. The lowest BCUT2D eigenvalue weighted by Gasteiger charge is -2.32. The zero-order chi connectivity index (χ0) is 19.4. The maximum atomic E-state index is 14.4. The normalized spacial score (nSPS) is 16.3. The average molecular weight is 363 g/mol. The molecular weight excluding hydrogens is 349 g/mol. The average Bonchev–Trinajstić information content (AvgIpc) is 2.68. The zero-order valence-corrected chi connectivity index (χ0v) is 14.1. The number of para-hydroxylation sites is 1. The summed E-state index contributed by atoms with van der Waals surface area (Å²) in [6.07, 6.45) is 0. The molecule has 134 valence electrons. The molecule has 6 nitrogen and oxygen atoms in total. The van der Waals surface area contributed by atoms with Gasteiger partial charge in [-0.1, -0.05) is 36.4 Å². The van der Waals surface area contributed by atoms with Gasteiger partial charge in [0.05, 0.1) is 12.5 Å². The number of ether oxygens (including phenoxy) is 1. The number of nitrogens with zero attached hydrogens (tertiary/aromatic N) is 3. The molecule has 0 amide bonds. The highest BCUT2D eigenvalue weighted by Gasteiger charge is 2.38. The standard InChI is InChI=1S/C20H14FN3O3/c21-18-7-3-1-5-14(18)16(11-24(25)26)17-12-27-19-8-4-2-6-15(19)20(17)13(9-22)10-23/h1-8,16-17H,11-12H2/t16-,17-/m0/s1. The number of nitriles is 2. The van der Waals surface area contributed by atoms with Gasteiger partial charge in [-0.2, -0.15) is 10.5 Å². The van der Waals surface area contributed by atoms with Crippen molar-refractivity contribution in [3.63, 3.8) is 0 Å². The summed E-state index contributed by atoms with van der Waals surface area (Å²) in [4.78, 5) is 10.8. The first-order chi connectivity index (χ1) is 13.1. The van der Waals surface area contributed by atoms with Gasteiger partial charge < -0.3 is 4.74 Å². The van der Waals surface area contributed by atoms with E-state index in [4.69, 9.17) is 4.74 Å². The van der Waals surface area contributed by atoms with Gasteiger partial charge >= 0.3 is 0 Å². The largest absolute Gasteiger partial charge is 0.492 e. The molecule has 0 N–H and O–H groups in total. The Balaban J connectivity index is 2.21. The summed E-state index contributed by atoms with van der Waals surface area (Å²) in [6, 6.07) is 16.4. The molecule has 0 radical (unpaired) electrons. The number of rotatable bonds is 4. The molecule has 0 aromatic heterocycles. The van der Waals surface area contributed by atoms with Crippen molar-refractivity contribution in [3.05, 3.63) is 81.2 Å². The Labute approximate surface area is 154 Å². The van der Waals surface area contributed by atoms with Crippen LogP contribution in [0.1, 0.15) is 17.0 Å². The first kappa shape index (κ1) is 18.1. The van der Waals surface area contributed by atoms with Crippen LogP contribution in [0, 0.1) is 44.5 Å². The van der Waals surface area contributed by atoms with E-state index in [2.05, 4.69) is 0 Å². The third-order valence-electron chi connectivity index (χ3n) is 4.60. The van der Waals surface area contributed by atoms with Gasteiger partial charge in [0.2, 0.25) is 6.54 Å². The molecule has 27 heavy (non-hydrogen) atoms. The fraction of sp³-hybridized carbons (Fsp3) is 0.200. The van der Waals surface area contributed by atoms with E-state index in [9.17, 15) is 25.0 Å². The summed E-state index contributed by atoms with van der Waals surface area (Å²) in [5, 5.41) is 30.2. The van der Waals surface area contributed by atoms with Crippen LogP contribution in [0.3, 0.4) is 0 Å². The van der Waals surface area contributed by atoms with E-state index in [0.717, 1.165) is 0 Å². The van der Waals surface area contributed by atoms with Crippen LogP contribution in [0.2, 0.25) is 0 Å². The second-order valence-corrected chi connectivity index (χ2v) is 6.07. The SMILES string of the molecule is N#CC(C#N)=C1c2ccccc2OC[C@H]1[C@@H](C[N+](=O)[O-])c1ccccc1F. The molecule has 1 heterocycles. The summed E-state index contributed by atoms with van der Waals surface area (Å²) in [5.74, 6) is -1.68. The molecule has 1 aliphatic heterocycles. The first-order valence-electron chi connectivity index (χ1n) is 8.19. The van der Waals surface area contributed by atoms with Crippen LogP contribution in [0.25, 0.3) is 5.57 Å². The number of benzene rings is 2. The molecule has 0 aliphatic carbocycles. The summed E-state index contributed by atoms with van der Waals surface area (Å²) >= 11 is 0. The number of allylic oxidation sites excluding steroid dienone is 1. The van der Waals surface area contributed by atoms with Crippen LogP contribution in [0.15, 0.2) is 54.1 Å².